The highest BCUT2D eigenvalue weighted by molar-refractivity contribution is 5.91. The quantitative estimate of drug-likeness (QED) is 0.598. The molecule has 18 heavy (non-hydrogen) atoms. The monoisotopic (exact) mass is 255 g/mol. The minimum absolute atomic E-state index is 0.0351. The molecule has 1 unspecified atom stereocenters. The van der Waals surface area contributed by atoms with E-state index in [0.717, 1.165) is 0 Å². The molecule has 100 valence electrons. The van der Waals surface area contributed by atoms with E-state index < -0.39 is 17.9 Å². The summed E-state index contributed by atoms with van der Waals surface area (Å²) in [6.45, 7) is 5.53. The second-order valence-electron chi connectivity index (χ2n) is 5.03. The predicted molar refractivity (Wildman–Crippen MR) is 63.8 cm³/mol. The number of aromatic amines is 1. The van der Waals surface area contributed by atoms with Gasteiger partial charge in [0.05, 0.1) is 6.42 Å². The molecule has 0 aliphatic carbocycles. The molecule has 0 radical (unpaired) electrons. The van der Waals surface area contributed by atoms with E-state index in [2.05, 4.69) is 20.5 Å². The van der Waals surface area contributed by atoms with Gasteiger partial charge in [-0.1, -0.05) is 20.8 Å². The summed E-state index contributed by atoms with van der Waals surface area (Å²) in [7, 11) is 0. The van der Waals surface area contributed by atoms with Crippen molar-refractivity contribution in [1.82, 2.24) is 20.5 Å². The summed E-state index contributed by atoms with van der Waals surface area (Å²) in [4.78, 5) is 26.3. The van der Waals surface area contributed by atoms with Gasteiger partial charge in [0.1, 0.15) is 0 Å². The molecule has 5 N–H and O–H groups in total. The van der Waals surface area contributed by atoms with Crippen molar-refractivity contribution in [2.75, 3.05) is 5.73 Å². The van der Waals surface area contributed by atoms with Crippen LogP contribution in [0.5, 0.6) is 0 Å². The second kappa shape index (κ2) is 5.03. The summed E-state index contributed by atoms with van der Waals surface area (Å²) >= 11 is 0. The number of aromatic nitrogens is 3. The lowest BCUT2D eigenvalue weighted by Crippen LogP contribution is -2.45. The van der Waals surface area contributed by atoms with Crippen molar-refractivity contribution >= 4 is 17.8 Å². The van der Waals surface area contributed by atoms with Gasteiger partial charge in [-0.3, -0.25) is 14.7 Å². The van der Waals surface area contributed by atoms with Gasteiger partial charge in [0.25, 0.3) is 5.91 Å². The topological polar surface area (TPSA) is 134 Å². The van der Waals surface area contributed by atoms with Gasteiger partial charge in [-0.2, -0.15) is 4.98 Å². The molecule has 0 saturated carbocycles. The average molecular weight is 255 g/mol. The second-order valence-corrected chi connectivity index (χ2v) is 5.03. The highest BCUT2D eigenvalue weighted by Gasteiger charge is 2.29. The largest absolute Gasteiger partial charge is 0.481 e. The maximum atomic E-state index is 11.8. The number of hydrogen-bond donors (Lipinski definition) is 4. The zero-order chi connectivity index (χ0) is 13.9. The highest BCUT2D eigenvalue weighted by Crippen LogP contribution is 2.22. The van der Waals surface area contributed by atoms with Gasteiger partial charge in [0.2, 0.25) is 11.8 Å². The number of H-pyrrole nitrogens is 1. The van der Waals surface area contributed by atoms with E-state index >= 15 is 0 Å². The molecule has 0 bridgehead atoms. The van der Waals surface area contributed by atoms with E-state index in [4.69, 9.17) is 10.8 Å². The first-order chi connectivity index (χ1) is 8.20. The summed E-state index contributed by atoms with van der Waals surface area (Å²) in [6, 6.07) is -0.520. The van der Waals surface area contributed by atoms with Crippen molar-refractivity contribution in [1.29, 1.82) is 0 Å². The molecule has 1 aromatic rings. The van der Waals surface area contributed by atoms with Gasteiger partial charge in [0.15, 0.2) is 0 Å². The molecule has 8 nitrogen and oxygen atoms in total. The number of carboxylic acid groups (broad SMARTS) is 1. The van der Waals surface area contributed by atoms with Gasteiger partial charge >= 0.3 is 5.97 Å². The molecule has 1 heterocycles. The van der Waals surface area contributed by atoms with E-state index in [9.17, 15) is 9.59 Å². The van der Waals surface area contributed by atoms with Crippen molar-refractivity contribution in [2.24, 2.45) is 5.41 Å². The zero-order valence-electron chi connectivity index (χ0n) is 10.5. The molecule has 0 saturated heterocycles. The van der Waals surface area contributed by atoms with Crippen molar-refractivity contribution in [3.8, 4) is 0 Å². The first kappa shape index (κ1) is 13.9. The number of rotatable bonds is 4. The Morgan fingerprint density at radius 1 is 1.50 bits per heavy atom. The molecule has 1 rings (SSSR count). The Labute approximate surface area is 104 Å². The highest BCUT2D eigenvalue weighted by atomic mass is 16.4. The van der Waals surface area contributed by atoms with Crippen LogP contribution in [0.25, 0.3) is 0 Å². The van der Waals surface area contributed by atoms with Crippen LogP contribution in [-0.4, -0.2) is 38.2 Å². The number of carboxylic acids is 1. The summed E-state index contributed by atoms with van der Waals surface area (Å²) in [5, 5.41) is 17.3. The normalized spacial score (nSPS) is 13.1. The molecule has 8 heteroatoms. The maximum Gasteiger partial charge on any atom is 0.305 e. The molecule has 1 aromatic heterocycles. The Kier molecular flexibility index (Phi) is 3.89. The molecule has 1 amide bonds. The number of nitrogen functional groups attached to an aromatic ring is 1. The fourth-order valence-electron chi connectivity index (χ4n) is 1.35. The minimum atomic E-state index is -0.979. The summed E-state index contributed by atoms with van der Waals surface area (Å²) < 4.78 is 0. The third-order valence-corrected chi connectivity index (χ3v) is 2.45. The van der Waals surface area contributed by atoms with Crippen LogP contribution in [-0.2, 0) is 4.79 Å². The number of nitrogens with two attached hydrogens (primary N) is 1. The minimum Gasteiger partial charge on any atom is -0.481 e. The van der Waals surface area contributed by atoms with Crippen molar-refractivity contribution in [3.05, 3.63) is 5.82 Å². The van der Waals surface area contributed by atoms with Crippen LogP contribution in [0.3, 0.4) is 0 Å². The van der Waals surface area contributed by atoms with Gasteiger partial charge in [-0.25, -0.2) is 0 Å². The number of carbonyl (C=O) groups excluding carboxylic acids is 1. The van der Waals surface area contributed by atoms with E-state index in [0.29, 0.717) is 0 Å². The molecule has 0 fully saturated rings. The molecule has 0 aliphatic rings. The Morgan fingerprint density at radius 2 is 2.11 bits per heavy atom. The van der Waals surface area contributed by atoms with E-state index in [1.54, 1.807) is 0 Å². The fraction of sp³-hybridized carbons (Fsp3) is 0.600. The van der Waals surface area contributed by atoms with Crippen molar-refractivity contribution in [3.63, 3.8) is 0 Å². The van der Waals surface area contributed by atoms with Crippen LogP contribution in [0, 0.1) is 5.41 Å². The van der Waals surface area contributed by atoms with E-state index in [1.165, 1.54) is 0 Å². The number of carbonyl (C=O) groups is 2. The van der Waals surface area contributed by atoms with Crippen molar-refractivity contribution in [2.45, 2.75) is 33.2 Å². The molecule has 0 aromatic carbocycles. The Balaban J connectivity index is 2.78. The lowest BCUT2D eigenvalue weighted by molar-refractivity contribution is -0.138. The SMILES string of the molecule is CC(C)(C)C(CC(=O)O)NC(=O)c1nc(N)n[nH]1. The van der Waals surface area contributed by atoms with Gasteiger partial charge < -0.3 is 16.2 Å². The van der Waals surface area contributed by atoms with Gasteiger partial charge in [0, 0.05) is 6.04 Å². The van der Waals surface area contributed by atoms with Crippen LogP contribution in [0.15, 0.2) is 0 Å². The lowest BCUT2D eigenvalue weighted by Gasteiger charge is -2.29. The number of hydrogen-bond acceptors (Lipinski definition) is 5. The van der Waals surface area contributed by atoms with Gasteiger partial charge in [-0.15, -0.1) is 5.10 Å². The average Bonchev–Trinajstić information content (AvgIpc) is 2.61. The Morgan fingerprint density at radius 3 is 2.50 bits per heavy atom. The maximum absolute atomic E-state index is 11.8. The summed E-state index contributed by atoms with van der Waals surface area (Å²) in [5.74, 6) is -1.58. The van der Waals surface area contributed by atoms with Crippen LogP contribution in [0.1, 0.15) is 37.8 Å². The van der Waals surface area contributed by atoms with Crippen LogP contribution >= 0.6 is 0 Å². The first-order valence-electron chi connectivity index (χ1n) is 5.40. The van der Waals surface area contributed by atoms with Crippen LogP contribution < -0.4 is 11.1 Å². The van der Waals surface area contributed by atoms with Crippen LogP contribution in [0.4, 0.5) is 5.95 Å². The molecular weight excluding hydrogens is 238 g/mol. The Hall–Kier alpha value is -2.12. The molecule has 1 atom stereocenters. The zero-order valence-corrected chi connectivity index (χ0v) is 10.5. The van der Waals surface area contributed by atoms with Crippen molar-refractivity contribution < 1.29 is 14.7 Å². The lowest BCUT2D eigenvalue weighted by atomic mass is 9.84. The summed E-state index contributed by atoms with van der Waals surface area (Å²) in [5.41, 5.74) is 4.90. The number of nitrogens with zero attached hydrogens (tertiary/aromatic N) is 2. The number of anilines is 1. The third kappa shape index (κ3) is 3.72. The van der Waals surface area contributed by atoms with E-state index in [-0.39, 0.29) is 23.6 Å². The smallest absolute Gasteiger partial charge is 0.305 e. The number of aliphatic carboxylic acids is 1. The summed E-state index contributed by atoms with van der Waals surface area (Å²) in [6.07, 6.45) is -0.168. The molecule has 0 aliphatic heterocycles. The van der Waals surface area contributed by atoms with Gasteiger partial charge in [-0.05, 0) is 5.41 Å². The van der Waals surface area contributed by atoms with Crippen LogP contribution in [0.2, 0.25) is 0 Å². The number of nitrogens with one attached hydrogen (secondary N) is 2. The standard InChI is InChI=1S/C10H17N5O3/c1-10(2,3)5(4-6(16)17)12-8(18)7-13-9(11)15-14-7/h5H,4H2,1-3H3,(H,12,18)(H,16,17)(H3,11,13,14,15). The molecule has 0 spiro atoms. The fourth-order valence-corrected chi connectivity index (χ4v) is 1.35. The first-order valence-corrected chi connectivity index (χ1v) is 5.40. The predicted octanol–water partition coefficient (Wildman–Crippen LogP) is 0.00610. The third-order valence-electron chi connectivity index (χ3n) is 2.45. The van der Waals surface area contributed by atoms with E-state index in [1.807, 2.05) is 20.8 Å². The molecular formula is C10H17N5O3. The number of amides is 1. The Bertz CT molecular complexity index is 449.